The Balaban J connectivity index is 1.80. The summed E-state index contributed by atoms with van der Waals surface area (Å²) in [5, 5.41) is 10.2. The zero-order valence-electron chi connectivity index (χ0n) is 15.8. The van der Waals surface area contributed by atoms with Crippen molar-refractivity contribution in [1.29, 1.82) is 5.26 Å². The Morgan fingerprint density at radius 2 is 1.71 bits per heavy atom. The van der Waals surface area contributed by atoms with Crippen LogP contribution in [-0.4, -0.2) is 7.11 Å². The Hall–Kier alpha value is -3.22. The number of rotatable bonds is 6. The summed E-state index contributed by atoms with van der Waals surface area (Å²) in [5.74, 6) is 1.26. The van der Waals surface area contributed by atoms with E-state index in [0.29, 0.717) is 28.7 Å². The van der Waals surface area contributed by atoms with Gasteiger partial charge in [-0.3, -0.25) is 0 Å². The van der Waals surface area contributed by atoms with Crippen molar-refractivity contribution in [1.82, 2.24) is 0 Å². The number of hydrogen-bond donors (Lipinski definition) is 0. The highest BCUT2D eigenvalue weighted by Crippen LogP contribution is 2.30. The molecule has 3 nitrogen and oxygen atoms in total. The molecule has 0 heterocycles. The third kappa shape index (κ3) is 4.94. The van der Waals surface area contributed by atoms with Crippen molar-refractivity contribution in [3.8, 4) is 17.6 Å². The highest BCUT2D eigenvalue weighted by atomic mass is 35.5. The predicted octanol–water partition coefficient (Wildman–Crippen LogP) is 6.30. The van der Waals surface area contributed by atoms with Gasteiger partial charge in [-0.15, -0.1) is 0 Å². The first-order chi connectivity index (χ1) is 13.6. The average Bonchev–Trinajstić information content (AvgIpc) is 2.72. The minimum Gasteiger partial charge on any atom is -0.493 e. The van der Waals surface area contributed by atoms with Crippen molar-refractivity contribution in [2.45, 2.75) is 13.5 Å². The van der Waals surface area contributed by atoms with Crippen molar-refractivity contribution in [3.63, 3.8) is 0 Å². The summed E-state index contributed by atoms with van der Waals surface area (Å²) in [7, 11) is 1.60. The Morgan fingerprint density at radius 1 is 1.00 bits per heavy atom. The van der Waals surface area contributed by atoms with E-state index in [0.717, 1.165) is 22.3 Å². The lowest BCUT2D eigenvalue weighted by atomic mass is 10.0. The Bertz CT molecular complexity index is 1020. The summed E-state index contributed by atoms with van der Waals surface area (Å²) in [5.41, 5.74) is 4.52. The summed E-state index contributed by atoms with van der Waals surface area (Å²) in [6.45, 7) is 2.43. The van der Waals surface area contributed by atoms with Crippen molar-refractivity contribution in [2.75, 3.05) is 7.11 Å². The van der Waals surface area contributed by atoms with Gasteiger partial charge in [0.05, 0.1) is 18.8 Å². The third-order valence-electron chi connectivity index (χ3n) is 4.29. The number of aryl methyl sites for hydroxylation is 1. The molecule has 0 unspecified atom stereocenters. The van der Waals surface area contributed by atoms with Gasteiger partial charge in [-0.25, -0.2) is 0 Å². The summed E-state index contributed by atoms with van der Waals surface area (Å²) >= 11 is 5.91. The molecule has 0 atom stereocenters. The second kappa shape index (κ2) is 9.12. The molecule has 0 fully saturated rings. The van der Waals surface area contributed by atoms with E-state index in [4.69, 9.17) is 21.1 Å². The standard InChI is InChI=1S/C24H20ClNO2/c1-17-3-8-20(9-4-17)21(15-26)13-19-7-12-23(24(14-19)27-2)28-16-18-5-10-22(25)11-6-18/h3-14H,16H2,1-2H3/b21-13-. The molecule has 3 aromatic carbocycles. The van der Waals surface area contributed by atoms with Gasteiger partial charge in [0, 0.05) is 5.02 Å². The molecule has 0 bridgehead atoms. The molecule has 3 aromatic rings. The van der Waals surface area contributed by atoms with Crippen LogP contribution in [0.5, 0.6) is 11.5 Å². The SMILES string of the molecule is COc1cc(/C=C(/C#N)c2ccc(C)cc2)ccc1OCc1ccc(Cl)cc1. The number of ether oxygens (including phenoxy) is 2. The maximum absolute atomic E-state index is 9.54. The van der Waals surface area contributed by atoms with Crippen LogP contribution in [0.1, 0.15) is 22.3 Å². The molecule has 0 aliphatic heterocycles. The molecule has 4 heteroatoms. The van der Waals surface area contributed by atoms with E-state index in [9.17, 15) is 5.26 Å². The van der Waals surface area contributed by atoms with Crippen LogP contribution >= 0.6 is 11.6 Å². The summed E-state index contributed by atoms with van der Waals surface area (Å²) in [6.07, 6.45) is 1.84. The smallest absolute Gasteiger partial charge is 0.161 e. The Morgan fingerprint density at radius 3 is 2.36 bits per heavy atom. The Kier molecular flexibility index (Phi) is 6.37. The first-order valence-corrected chi connectivity index (χ1v) is 9.21. The minimum atomic E-state index is 0.412. The number of hydrogen-bond acceptors (Lipinski definition) is 3. The summed E-state index contributed by atoms with van der Waals surface area (Å²) < 4.78 is 11.4. The van der Waals surface area contributed by atoms with Crippen LogP contribution in [0, 0.1) is 18.3 Å². The first kappa shape index (κ1) is 19.5. The van der Waals surface area contributed by atoms with E-state index in [1.54, 1.807) is 7.11 Å². The number of nitriles is 1. The maximum Gasteiger partial charge on any atom is 0.161 e. The van der Waals surface area contributed by atoms with Gasteiger partial charge in [-0.05, 0) is 54.0 Å². The molecular formula is C24H20ClNO2. The van der Waals surface area contributed by atoms with Gasteiger partial charge < -0.3 is 9.47 Å². The zero-order valence-corrected chi connectivity index (χ0v) is 16.5. The van der Waals surface area contributed by atoms with E-state index < -0.39 is 0 Å². The van der Waals surface area contributed by atoms with Gasteiger partial charge >= 0.3 is 0 Å². The lowest BCUT2D eigenvalue weighted by Gasteiger charge is -2.12. The fourth-order valence-corrected chi connectivity index (χ4v) is 2.84. The van der Waals surface area contributed by atoms with Gasteiger partial charge in [0.15, 0.2) is 11.5 Å². The number of allylic oxidation sites excluding steroid dienone is 1. The van der Waals surface area contributed by atoms with E-state index in [1.165, 1.54) is 0 Å². The number of methoxy groups -OCH3 is 1. The minimum absolute atomic E-state index is 0.412. The molecule has 0 saturated carbocycles. The number of nitrogens with zero attached hydrogens (tertiary/aromatic N) is 1. The van der Waals surface area contributed by atoms with Crippen LogP contribution in [-0.2, 0) is 6.61 Å². The fourth-order valence-electron chi connectivity index (χ4n) is 2.71. The molecule has 0 aliphatic carbocycles. The zero-order chi connectivity index (χ0) is 19.9. The maximum atomic E-state index is 9.54. The molecule has 0 N–H and O–H groups in total. The van der Waals surface area contributed by atoms with Crippen LogP contribution in [0.2, 0.25) is 5.02 Å². The van der Waals surface area contributed by atoms with Crippen LogP contribution in [0.3, 0.4) is 0 Å². The van der Waals surface area contributed by atoms with Crippen LogP contribution in [0.15, 0.2) is 66.7 Å². The van der Waals surface area contributed by atoms with Crippen molar-refractivity contribution in [3.05, 3.63) is 94.0 Å². The second-order valence-corrected chi connectivity index (χ2v) is 6.80. The third-order valence-corrected chi connectivity index (χ3v) is 4.54. The van der Waals surface area contributed by atoms with Gasteiger partial charge in [-0.2, -0.15) is 5.26 Å². The lowest BCUT2D eigenvalue weighted by molar-refractivity contribution is 0.284. The summed E-state index contributed by atoms with van der Waals surface area (Å²) in [6, 6.07) is 23.3. The second-order valence-electron chi connectivity index (χ2n) is 6.36. The highest BCUT2D eigenvalue weighted by molar-refractivity contribution is 6.30. The highest BCUT2D eigenvalue weighted by Gasteiger charge is 2.07. The van der Waals surface area contributed by atoms with E-state index >= 15 is 0 Å². The van der Waals surface area contributed by atoms with E-state index in [2.05, 4.69) is 6.07 Å². The molecule has 28 heavy (non-hydrogen) atoms. The first-order valence-electron chi connectivity index (χ1n) is 8.83. The van der Waals surface area contributed by atoms with Gasteiger partial charge in [0.1, 0.15) is 6.61 Å². The van der Waals surface area contributed by atoms with Gasteiger partial charge in [0.25, 0.3) is 0 Å². The predicted molar refractivity (Wildman–Crippen MR) is 113 cm³/mol. The number of halogens is 1. The molecule has 0 saturated heterocycles. The molecular weight excluding hydrogens is 370 g/mol. The lowest BCUT2D eigenvalue weighted by Crippen LogP contribution is -1.98. The topological polar surface area (TPSA) is 42.2 Å². The van der Waals surface area contributed by atoms with Crippen molar-refractivity contribution < 1.29 is 9.47 Å². The fraction of sp³-hybridized carbons (Fsp3) is 0.125. The molecule has 3 rings (SSSR count). The largest absolute Gasteiger partial charge is 0.493 e. The summed E-state index contributed by atoms with van der Waals surface area (Å²) in [4.78, 5) is 0. The van der Waals surface area contributed by atoms with Crippen LogP contribution < -0.4 is 9.47 Å². The molecule has 140 valence electrons. The molecule has 0 spiro atoms. The molecule has 0 aromatic heterocycles. The normalized spacial score (nSPS) is 11.0. The van der Waals surface area contributed by atoms with Gasteiger partial charge in [0.2, 0.25) is 0 Å². The Labute approximate surface area is 170 Å². The van der Waals surface area contributed by atoms with Crippen molar-refractivity contribution in [2.24, 2.45) is 0 Å². The van der Waals surface area contributed by atoms with Crippen LogP contribution in [0.4, 0.5) is 0 Å². The monoisotopic (exact) mass is 389 g/mol. The molecule has 0 amide bonds. The van der Waals surface area contributed by atoms with Gasteiger partial charge in [-0.1, -0.05) is 59.6 Å². The van der Waals surface area contributed by atoms with Crippen molar-refractivity contribution >= 4 is 23.3 Å². The molecule has 0 radical (unpaired) electrons. The van der Waals surface area contributed by atoms with E-state index in [1.807, 2.05) is 79.7 Å². The number of benzene rings is 3. The van der Waals surface area contributed by atoms with E-state index in [-0.39, 0.29) is 0 Å². The van der Waals surface area contributed by atoms with Crippen LogP contribution in [0.25, 0.3) is 11.6 Å². The molecule has 0 aliphatic rings. The quantitative estimate of drug-likeness (QED) is 0.367. The average molecular weight is 390 g/mol.